The van der Waals surface area contributed by atoms with E-state index in [0.717, 1.165) is 17.8 Å². The van der Waals surface area contributed by atoms with Crippen molar-refractivity contribution < 1.29 is 0 Å². The SMILES string of the molecule is CCCn1ccnc(NCc2cncs2)c1=O. The molecule has 0 saturated heterocycles. The summed E-state index contributed by atoms with van der Waals surface area (Å²) in [5, 5.41) is 3.04. The minimum Gasteiger partial charge on any atom is -0.361 e. The molecule has 0 aliphatic heterocycles. The second kappa shape index (κ2) is 5.58. The molecule has 2 aromatic rings. The van der Waals surface area contributed by atoms with Gasteiger partial charge in [-0.1, -0.05) is 6.92 Å². The summed E-state index contributed by atoms with van der Waals surface area (Å²) in [6.07, 6.45) is 6.07. The van der Waals surface area contributed by atoms with Crippen LogP contribution in [0.15, 0.2) is 28.9 Å². The summed E-state index contributed by atoms with van der Waals surface area (Å²) < 4.78 is 1.67. The van der Waals surface area contributed by atoms with Crippen LogP contribution in [0.4, 0.5) is 5.82 Å². The molecule has 2 aromatic heterocycles. The largest absolute Gasteiger partial charge is 0.361 e. The Kier molecular flexibility index (Phi) is 3.87. The van der Waals surface area contributed by atoms with Gasteiger partial charge in [0.2, 0.25) is 0 Å². The molecule has 17 heavy (non-hydrogen) atoms. The quantitative estimate of drug-likeness (QED) is 0.877. The molecular weight excluding hydrogens is 236 g/mol. The fourth-order valence-electron chi connectivity index (χ4n) is 1.49. The van der Waals surface area contributed by atoms with Gasteiger partial charge in [-0.3, -0.25) is 9.78 Å². The van der Waals surface area contributed by atoms with Gasteiger partial charge in [-0.15, -0.1) is 11.3 Å². The van der Waals surface area contributed by atoms with E-state index in [1.807, 2.05) is 6.92 Å². The molecule has 5 nitrogen and oxygen atoms in total. The third kappa shape index (κ3) is 2.91. The molecule has 1 N–H and O–H groups in total. The van der Waals surface area contributed by atoms with E-state index in [1.54, 1.807) is 40.0 Å². The molecular formula is C11H14N4OS. The highest BCUT2D eigenvalue weighted by molar-refractivity contribution is 7.09. The molecule has 0 fully saturated rings. The highest BCUT2D eigenvalue weighted by Gasteiger charge is 2.04. The molecule has 0 atom stereocenters. The first kappa shape index (κ1) is 11.8. The molecule has 0 amide bonds. The van der Waals surface area contributed by atoms with E-state index in [4.69, 9.17) is 0 Å². The van der Waals surface area contributed by atoms with E-state index >= 15 is 0 Å². The van der Waals surface area contributed by atoms with Gasteiger partial charge in [-0.05, 0) is 6.42 Å². The van der Waals surface area contributed by atoms with Crippen LogP contribution < -0.4 is 10.9 Å². The predicted molar refractivity (Wildman–Crippen MR) is 68.2 cm³/mol. The Bertz CT molecular complexity index is 521. The van der Waals surface area contributed by atoms with E-state index < -0.39 is 0 Å². The number of hydrogen-bond donors (Lipinski definition) is 1. The molecule has 0 radical (unpaired) electrons. The van der Waals surface area contributed by atoms with E-state index in [0.29, 0.717) is 12.4 Å². The highest BCUT2D eigenvalue weighted by Crippen LogP contribution is 2.06. The molecule has 90 valence electrons. The minimum absolute atomic E-state index is 0.0705. The summed E-state index contributed by atoms with van der Waals surface area (Å²) in [6.45, 7) is 3.34. The van der Waals surface area contributed by atoms with Gasteiger partial charge >= 0.3 is 0 Å². The maximum Gasteiger partial charge on any atom is 0.293 e. The van der Waals surface area contributed by atoms with E-state index in [9.17, 15) is 4.79 Å². The number of anilines is 1. The lowest BCUT2D eigenvalue weighted by molar-refractivity contribution is 0.649. The molecule has 0 aliphatic carbocycles. The Balaban J connectivity index is 2.10. The third-order valence-corrected chi connectivity index (χ3v) is 3.07. The van der Waals surface area contributed by atoms with Crippen molar-refractivity contribution in [2.45, 2.75) is 26.4 Å². The lowest BCUT2D eigenvalue weighted by Crippen LogP contribution is -2.24. The fraction of sp³-hybridized carbons (Fsp3) is 0.364. The van der Waals surface area contributed by atoms with Gasteiger partial charge in [0, 0.05) is 30.0 Å². The first-order chi connectivity index (χ1) is 8.31. The maximum absolute atomic E-state index is 11.9. The van der Waals surface area contributed by atoms with Crippen LogP contribution in [0.25, 0.3) is 0 Å². The Morgan fingerprint density at radius 3 is 3.12 bits per heavy atom. The monoisotopic (exact) mass is 250 g/mol. The highest BCUT2D eigenvalue weighted by atomic mass is 32.1. The van der Waals surface area contributed by atoms with Crippen LogP contribution in [0.2, 0.25) is 0 Å². The number of rotatable bonds is 5. The fourth-order valence-corrected chi connectivity index (χ4v) is 2.02. The molecule has 0 bridgehead atoms. The normalized spacial score (nSPS) is 10.4. The summed E-state index contributed by atoms with van der Waals surface area (Å²) in [7, 11) is 0. The van der Waals surface area contributed by atoms with Crippen LogP contribution in [-0.2, 0) is 13.1 Å². The van der Waals surface area contributed by atoms with Gasteiger partial charge in [-0.25, -0.2) is 4.98 Å². The maximum atomic E-state index is 11.9. The number of hydrogen-bond acceptors (Lipinski definition) is 5. The van der Waals surface area contributed by atoms with Crippen LogP contribution in [0.5, 0.6) is 0 Å². The topological polar surface area (TPSA) is 59.8 Å². The molecule has 0 spiro atoms. The van der Waals surface area contributed by atoms with E-state index in [1.165, 1.54) is 0 Å². The Hall–Kier alpha value is -1.69. The molecule has 0 aliphatic rings. The zero-order valence-electron chi connectivity index (χ0n) is 9.59. The number of nitrogens with one attached hydrogen (secondary N) is 1. The standard InChI is InChI=1S/C11H14N4OS/c1-2-4-15-5-3-13-10(11(15)16)14-7-9-6-12-8-17-9/h3,5-6,8H,2,4,7H2,1H3,(H,13,14). The first-order valence-electron chi connectivity index (χ1n) is 5.48. The minimum atomic E-state index is -0.0705. The number of aromatic nitrogens is 3. The van der Waals surface area contributed by atoms with Crippen molar-refractivity contribution in [2.24, 2.45) is 0 Å². The molecule has 0 aromatic carbocycles. The van der Waals surface area contributed by atoms with Gasteiger partial charge in [0.05, 0.1) is 12.1 Å². The van der Waals surface area contributed by atoms with Gasteiger partial charge in [0.15, 0.2) is 5.82 Å². The number of nitrogens with zero attached hydrogens (tertiary/aromatic N) is 3. The van der Waals surface area contributed by atoms with Gasteiger partial charge in [0.25, 0.3) is 5.56 Å². The van der Waals surface area contributed by atoms with Crippen molar-refractivity contribution in [3.63, 3.8) is 0 Å². The van der Waals surface area contributed by atoms with Crippen LogP contribution in [0.1, 0.15) is 18.2 Å². The average molecular weight is 250 g/mol. The summed E-state index contributed by atoms with van der Waals surface area (Å²) in [6, 6.07) is 0. The average Bonchev–Trinajstić information content (AvgIpc) is 2.83. The van der Waals surface area contributed by atoms with Crippen molar-refractivity contribution >= 4 is 17.2 Å². The van der Waals surface area contributed by atoms with Crippen molar-refractivity contribution in [2.75, 3.05) is 5.32 Å². The first-order valence-corrected chi connectivity index (χ1v) is 6.36. The van der Waals surface area contributed by atoms with Crippen LogP contribution in [0, 0.1) is 0 Å². The lowest BCUT2D eigenvalue weighted by atomic mass is 10.4. The van der Waals surface area contributed by atoms with Crippen molar-refractivity contribution in [1.29, 1.82) is 0 Å². The molecule has 0 unspecified atom stereocenters. The second-order valence-electron chi connectivity index (χ2n) is 3.60. The van der Waals surface area contributed by atoms with Crippen LogP contribution >= 0.6 is 11.3 Å². The summed E-state index contributed by atoms with van der Waals surface area (Å²) >= 11 is 1.55. The lowest BCUT2D eigenvalue weighted by Gasteiger charge is -2.06. The summed E-state index contributed by atoms with van der Waals surface area (Å²) in [5.74, 6) is 0.398. The van der Waals surface area contributed by atoms with E-state index in [-0.39, 0.29) is 5.56 Å². The van der Waals surface area contributed by atoms with Gasteiger partial charge in [-0.2, -0.15) is 0 Å². The molecule has 2 rings (SSSR count). The Labute approximate surface area is 103 Å². The summed E-state index contributed by atoms with van der Waals surface area (Å²) in [5.41, 5.74) is 1.70. The van der Waals surface area contributed by atoms with Gasteiger partial charge < -0.3 is 9.88 Å². The van der Waals surface area contributed by atoms with Crippen molar-refractivity contribution in [3.05, 3.63) is 39.3 Å². The summed E-state index contributed by atoms with van der Waals surface area (Å²) in [4.78, 5) is 21.1. The smallest absolute Gasteiger partial charge is 0.293 e. The van der Waals surface area contributed by atoms with Crippen molar-refractivity contribution in [1.82, 2.24) is 14.5 Å². The van der Waals surface area contributed by atoms with Crippen molar-refractivity contribution in [3.8, 4) is 0 Å². The Morgan fingerprint density at radius 2 is 2.41 bits per heavy atom. The number of thiazole rings is 1. The zero-order valence-corrected chi connectivity index (χ0v) is 10.4. The third-order valence-electron chi connectivity index (χ3n) is 2.29. The molecule has 6 heteroatoms. The number of aryl methyl sites for hydroxylation is 1. The second-order valence-corrected chi connectivity index (χ2v) is 4.57. The Morgan fingerprint density at radius 1 is 1.53 bits per heavy atom. The van der Waals surface area contributed by atoms with Crippen LogP contribution in [0.3, 0.4) is 0 Å². The molecule has 2 heterocycles. The van der Waals surface area contributed by atoms with Gasteiger partial charge in [0.1, 0.15) is 0 Å². The zero-order chi connectivity index (χ0) is 12.1. The predicted octanol–water partition coefficient (Wildman–Crippen LogP) is 1.72. The van der Waals surface area contributed by atoms with E-state index in [2.05, 4.69) is 15.3 Å². The molecule has 0 saturated carbocycles. The van der Waals surface area contributed by atoms with Crippen LogP contribution in [-0.4, -0.2) is 14.5 Å².